The van der Waals surface area contributed by atoms with E-state index in [4.69, 9.17) is 14.2 Å². The van der Waals surface area contributed by atoms with Crippen molar-refractivity contribution in [2.75, 3.05) is 25.1 Å². The number of aliphatic carboxylic acids is 1. The van der Waals surface area contributed by atoms with Crippen molar-refractivity contribution in [1.29, 1.82) is 0 Å². The minimum atomic E-state index is -1.32. The minimum absolute atomic E-state index is 0.0496. The molecule has 0 saturated carbocycles. The molecule has 1 unspecified atom stereocenters. The van der Waals surface area contributed by atoms with Crippen LogP contribution in [0.15, 0.2) is 72.8 Å². The van der Waals surface area contributed by atoms with Crippen LogP contribution in [0.4, 0.5) is 10.5 Å². The molecule has 2 amide bonds. The van der Waals surface area contributed by atoms with Gasteiger partial charge in [-0.05, 0) is 34.4 Å². The summed E-state index contributed by atoms with van der Waals surface area (Å²) in [5.74, 6) is -2.06. The second-order valence-corrected chi connectivity index (χ2v) is 8.81. The Kier molecular flexibility index (Phi) is 7.16. The van der Waals surface area contributed by atoms with Crippen molar-refractivity contribution in [1.82, 2.24) is 5.32 Å². The molecule has 0 spiro atoms. The number of benzene rings is 3. The zero-order valence-corrected chi connectivity index (χ0v) is 19.9. The number of ether oxygens (including phenoxy) is 3. The summed E-state index contributed by atoms with van der Waals surface area (Å²) in [5, 5.41) is 14.3. The Morgan fingerprint density at radius 1 is 0.892 bits per heavy atom. The van der Waals surface area contributed by atoms with Gasteiger partial charge >= 0.3 is 12.1 Å². The Morgan fingerprint density at radius 3 is 2.08 bits per heavy atom. The fraction of sp³-hybridized carbons (Fsp3) is 0.250. The van der Waals surface area contributed by atoms with Gasteiger partial charge in [0.2, 0.25) is 5.91 Å². The van der Waals surface area contributed by atoms with Crippen LogP contribution in [0.25, 0.3) is 11.1 Å². The van der Waals surface area contributed by atoms with Crippen molar-refractivity contribution in [3.05, 3.63) is 89.5 Å². The molecule has 3 aromatic rings. The fourth-order valence-electron chi connectivity index (χ4n) is 4.67. The number of hydrogen-bond donors (Lipinski definition) is 3. The molecule has 2 aliphatic rings. The maximum absolute atomic E-state index is 12.8. The van der Waals surface area contributed by atoms with Gasteiger partial charge < -0.3 is 30.0 Å². The summed E-state index contributed by atoms with van der Waals surface area (Å²) in [5.41, 5.74) is 5.52. The number of carboxylic acid groups (broad SMARTS) is 1. The van der Waals surface area contributed by atoms with Crippen LogP contribution in [0.5, 0.6) is 0 Å². The number of carboxylic acids is 1. The smallest absolute Gasteiger partial charge is 0.407 e. The molecule has 1 aliphatic heterocycles. The average Bonchev–Trinajstić information content (AvgIpc) is 3.54. The second kappa shape index (κ2) is 10.8. The van der Waals surface area contributed by atoms with E-state index < -0.39 is 36.7 Å². The highest BCUT2D eigenvalue weighted by molar-refractivity contribution is 5.98. The van der Waals surface area contributed by atoms with Crippen molar-refractivity contribution in [3.8, 4) is 11.1 Å². The van der Waals surface area contributed by atoms with Crippen LogP contribution in [0.1, 0.15) is 35.3 Å². The molecule has 0 radical (unpaired) electrons. The predicted molar refractivity (Wildman–Crippen MR) is 134 cm³/mol. The van der Waals surface area contributed by atoms with Crippen LogP contribution in [0.2, 0.25) is 0 Å². The molecule has 3 aromatic carbocycles. The van der Waals surface area contributed by atoms with Crippen molar-refractivity contribution in [2.45, 2.75) is 24.7 Å². The molecule has 5 rings (SSSR count). The predicted octanol–water partition coefficient (Wildman–Crippen LogP) is 4.05. The summed E-state index contributed by atoms with van der Waals surface area (Å²) in [6.45, 7) is 1.08. The monoisotopic (exact) mass is 502 g/mol. The van der Waals surface area contributed by atoms with Gasteiger partial charge in [-0.1, -0.05) is 60.7 Å². The van der Waals surface area contributed by atoms with Crippen LogP contribution < -0.4 is 10.6 Å². The number of alkyl carbamates (subject to hydrolysis) is 1. The van der Waals surface area contributed by atoms with Crippen molar-refractivity contribution in [3.63, 3.8) is 0 Å². The molecule has 1 saturated heterocycles. The first-order valence-electron chi connectivity index (χ1n) is 12.0. The second-order valence-electron chi connectivity index (χ2n) is 8.81. The Bertz CT molecular complexity index is 1260. The molecule has 1 atom stereocenters. The molecular weight excluding hydrogens is 476 g/mol. The Hall–Kier alpha value is -4.21. The Balaban J connectivity index is 1.21. The van der Waals surface area contributed by atoms with Gasteiger partial charge in [-0.3, -0.25) is 9.59 Å². The lowest BCUT2D eigenvalue weighted by atomic mass is 9.98. The van der Waals surface area contributed by atoms with Gasteiger partial charge in [-0.2, -0.15) is 0 Å². The third-order valence-electron chi connectivity index (χ3n) is 6.40. The molecule has 9 heteroatoms. The minimum Gasteiger partial charge on any atom is -0.481 e. The van der Waals surface area contributed by atoms with Crippen LogP contribution in [0.3, 0.4) is 0 Å². The molecule has 37 heavy (non-hydrogen) atoms. The van der Waals surface area contributed by atoms with E-state index in [9.17, 15) is 19.5 Å². The van der Waals surface area contributed by atoms with E-state index in [-0.39, 0.29) is 12.5 Å². The van der Waals surface area contributed by atoms with Crippen LogP contribution in [-0.4, -0.2) is 48.9 Å². The highest BCUT2D eigenvalue weighted by Gasteiger charge is 2.30. The molecule has 3 N–H and O–H groups in total. The van der Waals surface area contributed by atoms with Crippen molar-refractivity contribution in [2.24, 2.45) is 0 Å². The zero-order valence-electron chi connectivity index (χ0n) is 19.9. The van der Waals surface area contributed by atoms with Crippen molar-refractivity contribution >= 4 is 23.7 Å². The third-order valence-corrected chi connectivity index (χ3v) is 6.40. The largest absolute Gasteiger partial charge is 0.481 e. The van der Waals surface area contributed by atoms with Crippen LogP contribution in [0, 0.1) is 0 Å². The normalized spacial score (nSPS) is 15.5. The van der Waals surface area contributed by atoms with E-state index in [1.54, 1.807) is 24.3 Å². The van der Waals surface area contributed by atoms with Gasteiger partial charge in [0.1, 0.15) is 12.6 Å². The third kappa shape index (κ3) is 5.47. The first-order chi connectivity index (χ1) is 18.0. The maximum Gasteiger partial charge on any atom is 0.407 e. The number of nitrogens with one attached hydrogen (secondary N) is 2. The molecule has 1 aliphatic carbocycles. The first-order valence-corrected chi connectivity index (χ1v) is 12.0. The number of carbonyl (C=O) groups is 3. The van der Waals surface area contributed by atoms with Gasteiger partial charge in [0.25, 0.3) is 0 Å². The lowest BCUT2D eigenvalue weighted by molar-refractivity contribution is -0.139. The van der Waals surface area contributed by atoms with Gasteiger partial charge in [0, 0.05) is 17.2 Å². The van der Waals surface area contributed by atoms with Gasteiger partial charge in [0.15, 0.2) is 6.29 Å². The number of amides is 2. The lowest BCUT2D eigenvalue weighted by Gasteiger charge is -2.19. The summed E-state index contributed by atoms with van der Waals surface area (Å²) in [6, 6.07) is 21.3. The van der Waals surface area contributed by atoms with Crippen LogP contribution >= 0.6 is 0 Å². The van der Waals surface area contributed by atoms with E-state index in [0.717, 1.165) is 27.8 Å². The zero-order chi connectivity index (χ0) is 25.8. The Morgan fingerprint density at radius 2 is 1.49 bits per heavy atom. The summed E-state index contributed by atoms with van der Waals surface area (Å²) >= 11 is 0. The molecule has 0 aromatic heterocycles. The summed E-state index contributed by atoms with van der Waals surface area (Å²) in [6.07, 6.45) is -1.91. The fourth-order valence-corrected chi connectivity index (χ4v) is 4.67. The van der Waals surface area contributed by atoms with Crippen molar-refractivity contribution < 1.29 is 33.7 Å². The standard InChI is InChI=1S/C28H26N2O7/c31-25(32)15-24(26(33)29-18-11-9-17(10-12-18)27-35-13-14-36-27)30-28(34)37-16-23-21-7-3-1-5-19(21)20-6-2-4-8-22(20)23/h1-12,23-24,27H,13-16H2,(H,29,33)(H,30,34)(H,31,32). The van der Waals surface area contributed by atoms with Crippen LogP contribution in [-0.2, 0) is 23.8 Å². The summed E-state index contributed by atoms with van der Waals surface area (Å²) < 4.78 is 16.4. The lowest BCUT2D eigenvalue weighted by Crippen LogP contribution is -2.45. The molecular formula is C28H26N2O7. The van der Waals surface area contributed by atoms with E-state index in [1.807, 2.05) is 48.5 Å². The van der Waals surface area contributed by atoms with E-state index in [2.05, 4.69) is 10.6 Å². The Labute approximate surface area is 213 Å². The number of fused-ring (bicyclic) bond motifs is 3. The number of anilines is 1. The maximum atomic E-state index is 12.8. The number of carbonyl (C=O) groups excluding carboxylic acids is 2. The number of rotatable bonds is 8. The molecule has 0 bridgehead atoms. The SMILES string of the molecule is O=C(O)CC(NC(=O)OCC1c2ccccc2-c2ccccc21)C(=O)Nc1ccc(C2OCCO2)cc1. The molecule has 1 heterocycles. The molecule has 190 valence electrons. The first kappa shape index (κ1) is 24.5. The highest BCUT2D eigenvalue weighted by atomic mass is 16.7. The van der Waals surface area contributed by atoms with Gasteiger partial charge in [-0.25, -0.2) is 4.79 Å². The molecule has 1 fully saturated rings. The highest BCUT2D eigenvalue weighted by Crippen LogP contribution is 2.44. The van der Waals surface area contributed by atoms with Gasteiger partial charge in [0.05, 0.1) is 19.6 Å². The molecule has 9 nitrogen and oxygen atoms in total. The topological polar surface area (TPSA) is 123 Å². The number of hydrogen-bond acceptors (Lipinski definition) is 6. The van der Waals surface area contributed by atoms with E-state index >= 15 is 0 Å². The van der Waals surface area contributed by atoms with E-state index in [1.165, 1.54) is 0 Å². The summed E-state index contributed by atoms with van der Waals surface area (Å²) in [7, 11) is 0. The van der Waals surface area contributed by atoms with E-state index in [0.29, 0.717) is 18.9 Å². The average molecular weight is 503 g/mol. The summed E-state index contributed by atoms with van der Waals surface area (Å²) in [4.78, 5) is 36.8. The van der Waals surface area contributed by atoms with Gasteiger partial charge in [-0.15, -0.1) is 0 Å². The quantitative estimate of drug-likeness (QED) is 0.425.